The Morgan fingerprint density at radius 2 is 2.07 bits per heavy atom. The van der Waals surface area contributed by atoms with Crippen molar-refractivity contribution in [3.63, 3.8) is 0 Å². The van der Waals surface area contributed by atoms with E-state index in [-0.39, 0.29) is 17.5 Å². The summed E-state index contributed by atoms with van der Waals surface area (Å²) in [6.07, 6.45) is 4.84. The first-order valence-corrected chi connectivity index (χ1v) is 9.10. The van der Waals surface area contributed by atoms with Gasteiger partial charge in [-0.15, -0.1) is 0 Å². The minimum atomic E-state index is -0.461. The molecule has 0 unspecified atom stereocenters. The summed E-state index contributed by atoms with van der Waals surface area (Å²) in [5.74, 6) is 0.763. The van der Waals surface area contributed by atoms with Crippen molar-refractivity contribution >= 4 is 5.91 Å². The molecule has 28 heavy (non-hydrogen) atoms. The fourth-order valence-electron chi connectivity index (χ4n) is 3.06. The minimum Gasteiger partial charge on any atom is -0.497 e. The third-order valence-electron chi connectivity index (χ3n) is 4.67. The van der Waals surface area contributed by atoms with Crippen LogP contribution in [0, 0.1) is 0 Å². The quantitative estimate of drug-likeness (QED) is 0.714. The number of nitrogens with one attached hydrogen (secondary N) is 1. The SMILES string of the molecule is COc1cccc(CN(C(=O)c2cnc(-c3ccccn3)[nH]c2=O)C2CC2)c1. The summed E-state index contributed by atoms with van der Waals surface area (Å²) in [7, 11) is 1.61. The summed E-state index contributed by atoms with van der Waals surface area (Å²) in [4.78, 5) is 38.5. The number of ether oxygens (including phenoxy) is 1. The number of carbonyl (C=O) groups is 1. The second-order valence-corrected chi connectivity index (χ2v) is 6.71. The molecular formula is C21H20N4O3. The molecule has 3 aromatic rings. The predicted octanol–water partition coefficient (Wildman–Crippen LogP) is 2.65. The van der Waals surface area contributed by atoms with Gasteiger partial charge in [0.2, 0.25) is 0 Å². The average molecular weight is 376 g/mol. The molecule has 0 saturated heterocycles. The number of rotatable bonds is 6. The number of nitrogens with zero attached hydrogens (tertiary/aromatic N) is 3. The number of methoxy groups -OCH3 is 1. The van der Waals surface area contributed by atoms with Gasteiger partial charge in [0.05, 0.1) is 7.11 Å². The molecule has 142 valence electrons. The Morgan fingerprint density at radius 1 is 1.21 bits per heavy atom. The summed E-state index contributed by atoms with van der Waals surface area (Å²) in [6, 6.07) is 13.1. The van der Waals surface area contributed by atoms with Gasteiger partial charge in [0.1, 0.15) is 17.0 Å². The number of pyridine rings is 1. The van der Waals surface area contributed by atoms with Crippen LogP contribution in [0.2, 0.25) is 0 Å². The number of amides is 1. The van der Waals surface area contributed by atoms with E-state index in [2.05, 4.69) is 15.0 Å². The van der Waals surface area contributed by atoms with Crippen molar-refractivity contribution in [2.24, 2.45) is 0 Å². The van der Waals surface area contributed by atoms with Gasteiger partial charge in [-0.05, 0) is 42.7 Å². The third kappa shape index (κ3) is 3.78. The molecule has 0 aliphatic heterocycles. The summed E-state index contributed by atoms with van der Waals surface area (Å²) < 4.78 is 5.26. The van der Waals surface area contributed by atoms with E-state index in [1.165, 1.54) is 6.20 Å². The molecule has 2 aromatic heterocycles. The molecule has 0 atom stereocenters. The second kappa shape index (κ2) is 7.64. The zero-order valence-electron chi connectivity index (χ0n) is 15.5. The highest BCUT2D eigenvalue weighted by molar-refractivity contribution is 5.94. The highest BCUT2D eigenvalue weighted by atomic mass is 16.5. The monoisotopic (exact) mass is 376 g/mol. The second-order valence-electron chi connectivity index (χ2n) is 6.71. The smallest absolute Gasteiger partial charge is 0.264 e. The molecule has 1 aliphatic carbocycles. The fourth-order valence-corrected chi connectivity index (χ4v) is 3.06. The number of benzene rings is 1. The van der Waals surface area contributed by atoms with Crippen LogP contribution in [0.4, 0.5) is 0 Å². The number of hydrogen-bond donors (Lipinski definition) is 1. The lowest BCUT2D eigenvalue weighted by atomic mass is 10.1. The number of hydrogen-bond acceptors (Lipinski definition) is 5. The van der Waals surface area contributed by atoms with Crippen LogP contribution in [-0.4, -0.2) is 38.9 Å². The molecule has 0 bridgehead atoms. The van der Waals surface area contributed by atoms with Crippen molar-refractivity contribution in [2.75, 3.05) is 7.11 Å². The average Bonchev–Trinajstić information content (AvgIpc) is 3.57. The molecule has 1 aromatic carbocycles. The lowest BCUT2D eigenvalue weighted by Gasteiger charge is -2.22. The molecule has 4 rings (SSSR count). The largest absolute Gasteiger partial charge is 0.497 e. The predicted molar refractivity (Wildman–Crippen MR) is 104 cm³/mol. The lowest BCUT2D eigenvalue weighted by molar-refractivity contribution is 0.0727. The van der Waals surface area contributed by atoms with Crippen molar-refractivity contribution in [1.29, 1.82) is 0 Å². The highest BCUT2D eigenvalue weighted by Crippen LogP contribution is 2.30. The Bertz CT molecular complexity index is 1040. The molecule has 0 spiro atoms. The van der Waals surface area contributed by atoms with Crippen LogP contribution in [0.5, 0.6) is 5.75 Å². The number of H-pyrrole nitrogens is 1. The molecule has 1 fully saturated rings. The normalized spacial score (nSPS) is 13.2. The van der Waals surface area contributed by atoms with Crippen molar-refractivity contribution < 1.29 is 9.53 Å². The Kier molecular flexibility index (Phi) is 4.89. The van der Waals surface area contributed by atoms with Crippen molar-refractivity contribution in [3.8, 4) is 17.3 Å². The summed E-state index contributed by atoms with van der Waals surface area (Å²) in [6.45, 7) is 0.419. The lowest BCUT2D eigenvalue weighted by Crippen LogP contribution is -2.36. The molecular weight excluding hydrogens is 356 g/mol. The first-order chi connectivity index (χ1) is 13.7. The summed E-state index contributed by atoms with van der Waals surface area (Å²) in [5.41, 5.74) is 1.08. The zero-order valence-corrected chi connectivity index (χ0v) is 15.5. The maximum atomic E-state index is 13.1. The molecule has 1 saturated carbocycles. The van der Waals surface area contributed by atoms with Gasteiger partial charge in [-0.3, -0.25) is 14.6 Å². The third-order valence-corrected chi connectivity index (χ3v) is 4.67. The van der Waals surface area contributed by atoms with Gasteiger partial charge in [0, 0.05) is 25.0 Å². The van der Waals surface area contributed by atoms with Crippen molar-refractivity contribution in [2.45, 2.75) is 25.4 Å². The van der Waals surface area contributed by atoms with Gasteiger partial charge < -0.3 is 14.6 Å². The van der Waals surface area contributed by atoms with Gasteiger partial charge in [-0.25, -0.2) is 4.98 Å². The van der Waals surface area contributed by atoms with Gasteiger partial charge in [-0.2, -0.15) is 0 Å². The van der Waals surface area contributed by atoms with Crippen LogP contribution < -0.4 is 10.3 Å². The first-order valence-electron chi connectivity index (χ1n) is 9.10. The van der Waals surface area contributed by atoms with E-state index in [4.69, 9.17) is 4.74 Å². The molecule has 0 radical (unpaired) electrons. The van der Waals surface area contributed by atoms with Crippen molar-refractivity contribution in [1.82, 2.24) is 19.9 Å². The van der Waals surface area contributed by atoms with E-state index in [1.54, 1.807) is 30.3 Å². The van der Waals surface area contributed by atoms with E-state index >= 15 is 0 Å². The fraction of sp³-hybridized carbons (Fsp3) is 0.238. The molecule has 2 heterocycles. The highest BCUT2D eigenvalue weighted by Gasteiger charge is 2.34. The van der Waals surface area contributed by atoms with Gasteiger partial charge in [0.15, 0.2) is 5.82 Å². The van der Waals surface area contributed by atoms with E-state index in [1.807, 2.05) is 30.3 Å². The Balaban J connectivity index is 1.60. The van der Waals surface area contributed by atoms with Gasteiger partial charge >= 0.3 is 0 Å². The van der Waals surface area contributed by atoms with E-state index in [0.717, 1.165) is 24.2 Å². The van der Waals surface area contributed by atoms with Crippen LogP contribution in [0.1, 0.15) is 28.8 Å². The number of aromatic nitrogens is 3. The van der Waals surface area contributed by atoms with E-state index < -0.39 is 5.56 Å². The van der Waals surface area contributed by atoms with Crippen LogP contribution in [-0.2, 0) is 6.54 Å². The van der Waals surface area contributed by atoms with Gasteiger partial charge in [0.25, 0.3) is 11.5 Å². The Morgan fingerprint density at radius 3 is 2.75 bits per heavy atom. The number of carbonyl (C=O) groups excluding carboxylic acids is 1. The maximum Gasteiger partial charge on any atom is 0.264 e. The standard InChI is InChI=1S/C21H20N4O3/c1-28-16-6-4-5-14(11-16)13-25(15-8-9-15)21(27)17-12-23-19(24-20(17)26)18-7-2-3-10-22-18/h2-7,10-12,15H,8-9,13H2,1H3,(H,23,24,26). The van der Waals surface area contributed by atoms with E-state index in [0.29, 0.717) is 18.1 Å². The molecule has 1 aliphatic rings. The topological polar surface area (TPSA) is 88.2 Å². The Hall–Kier alpha value is -3.48. The molecule has 1 N–H and O–H groups in total. The Labute approximate surface area is 162 Å². The molecule has 7 nitrogen and oxygen atoms in total. The van der Waals surface area contributed by atoms with Crippen molar-refractivity contribution in [3.05, 3.63) is 76.3 Å². The maximum absolute atomic E-state index is 13.1. The summed E-state index contributed by atoms with van der Waals surface area (Å²) >= 11 is 0. The first kappa shape index (κ1) is 17.9. The molecule has 7 heteroatoms. The van der Waals surface area contributed by atoms with Gasteiger partial charge in [-0.1, -0.05) is 18.2 Å². The van der Waals surface area contributed by atoms with Crippen LogP contribution in [0.15, 0.2) is 59.7 Å². The van der Waals surface area contributed by atoms with Crippen LogP contribution in [0.25, 0.3) is 11.5 Å². The number of aromatic amines is 1. The molecule has 1 amide bonds. The van der Waals surface area contributed by atoms with Crippen LogP contribution in [0.3, 0.4) is 0 Å². The van der Waals surface area contributed by atoms with Crippen LogP contribution >= 0.6 is 0 Å². The minimum absolute atomic E-state index is 0.0366. The summed E-state index contributed by atoms with van der Waals surface area (Å²) in [5, 5.41) is 0. The van der Waals surface area contributed by atoms with E-state index in [9.17, 15) is 9.59 Å². The zero-order chi connectivity index (χ0) is 19.5.